The summed E-state index contributed by atoms with van der Waals surface area (Å²) < 4.78 is 0. The van der Waals surface area contributed by atoms with Crippen molar-refractivity contribution in [1.82, 2.24) is 0 Å². The molecule has 0 radical (unpaired) electrons. The number of aliphatic hydroxyl groups excluding tert-OH is 1. The highest BCUT2D eigenvalue weighted by Crippen LogP contribution is 2.04. The van der Waals surface area contributed by atoms with Gasteiger partial charge in [-0.05, 0) is 5.56 Å². The van der Waals surface area contributed by atoms with E-state index in [1.165, 1.54) is 0 Å². The van der Waals surface area contributed by atoms with E-state index in [4.69, 9.17) is 10.8 Å². The van der Waals surface area contributed by atoms with Crippen LogP contribution < -0.4 is 5.73 Å². The summed E-state index contributed by atoms with van der Waals surface area (Å²) in [6, 6.07) is 7.92. The van der Waals surface area contributed by atoms with Crippen LogP contribution in [0.4, 0.5) is 0 Å². The molecule has 4 N–H and O–H groups in total. The van der Waals surface area contributed by atoms with Crippen LogP contribution in [0.2, 0.25) is 0 Å². The molecular formula is C10H13NO3. The van der Waals surface area contributed by atoms with Crippen LogP contribution in [-0.2, 0) is 11.2 Å². The monoisotopic (exact) mass is 195 g/mol. The summed E-state index contributed by atoms with van der Waals surface area (Å²) >= 11 is 0. The zero-order valence-corrected chi connectivity index (χ0v) is 7.63. The number of aliphatic carboxylic acids is 1. The second-order valence-electron chi connectivity index (χ2n) is 3.12. The van der Waals surface area contributed by atoms with E-state index in [-0.39, 0.29) is 6.42 Å². The molecule has 14 heavy (non-hydrogen) atoms. The lowest BCUT2D eigenvalue weighted by molar-refractivity contribution is -0.141. The van der Waals surface area contributed by atoms with E-state index >= 15 is 0 Å². The van der Waals surface area contributed by atoms with E-state index in [1.807, 2.05) is 30.3 Å². The van der Waals surface area contributed by atoms with E-state index in [0.717, 1.165) is 5.56 Å². The first-order chi connectivity index (χ1) is 6.61. The summed E-state index contributed by atoms with van der Waals surface area (Å²) in [7, 11) is 0. The number of hydrogen-bond donors (Lipinski definition) is 3. The summed E-state index contributed by atoms with van der Waals surface area (Å²) in [5.41, 5.74) is 6.13. The lowest BCUT2D eigenvalue weighted by Gasteiger charge is -2.14. The van der Waals surface area contributed by atoms with Gasteiger partial charge in [0.15, 0.2) is 0 Å². The van der Waals surface area contributed by atoms with Gasteiger partial charge in [0.2, 0.25) is 0 Å². The molecule has 0 unspecified atom stereocenters. The number of hydrogen-bond acceptors (Lipinski definition) is 3. The number of benzene rings is 1. The largest absolute Gasteiger partial charge is 0.480 e. The molecule has 0 saturated heterocycles. The predicted molar refractivity (Wildman–Crippen MR) is 51.8 cm³/mol. The number of aliphatic hydroxyl groups is 1. The Morgan fingerprint density at radius 2 is 1.93 bits per heavy atom. The fourth-order valence-corrected chi connectivity index (χ4v) is 1.15. The second-order valence-corrected chi connectivity index (χ2v) is 3.12. The van der Waals surface area contributed by atoms with Crippen molar-refractivity contribution in [2.24, 2.45) is 5.73 Å². The third kappa shape index (κ3) is 2.83. The normalized spacial score (nSPS) is 14.7. The summed E-state index contributed by atoms with van der Waals surface area (Å²) in [5, 5.41) is 18.0. The minimum absolute atomic E-state index is 0.258. The highest BCUT2D eigenvalue weighted by atomic mass is 16.4. The van der Waals surface area contributed by atoms with Crippen LogP contribution in [0.3, 0.4) is 0 Å². The quantitative estimate of drug-likeness (QED) is 0.631. The van der Waals surface area contributed by atoms with Gasteiger partial charge in [-0.1, -0.05) is 30.3 Å². The van der Waals surface area contributed by atoms with Gasteiger partial charge < -0.3 is 15.9 Å². The Labute approximate surface area is 82.0 Å². The van der Waals surface area contributed by atoms with Gasteiger partial charge in [0.1, 0.15) is 6.04 Å². The molecule has 0 aliphatic heterocycles. The van der Waals surface area contributed by atoms with Crippen molar-refractivity contribution < 1.29 is 15.0 Å². The Morgan fingerprint density at radius 3 is 2.43 bits per heavy atom. The lowest BCUT2D eigenvalue weighted by atomic mass is 10.0. The van der Waals surface area contributed by atoms with E-state index in [2.05, 4.69) is 0 Å². The molecule has 0 aromatic heterocycles. The molecule has 0 bridgehead atoms. The van der Waals surface area contributed by atoms with Crippen molar-refractivity contribution in [2.45, 2.75) is 18.6 Å². The van der Waals surface area contributed by atoms with Gasteiger partial charge in [-0.2, -0.15) is 0 Å². The molecule has 1 aromatic rings. The standard InChI is InChI=1S/C10H13NO3/c11-9(10(13)14)8(12)6-7-4-2-1-3-5-7/h1-5,8-9,12H,6,11H2,(H,13,14)/t8-,9+/m0/s1. The Hall–Kier alpha value is -1.39. The minimum Gasteiger partial charge on any atom is -0.480 e. The molecule has 1 aromatic carbocycles. The highest BCUT2D eigenvalue weighted by molar-refractivity contribution is 5.73. The van der Waals surface area contributed by atoms with E-state index in [9.17, 15) is 9.90 Å². The first-order valence-electron chi connectivity index (χ1n) is 4.31. The number of carboxylic acids is 1. The zero-order chi connectivity index (χ0) is 10.6. The second kappa shape index (κ2) is 4.74. The average molecular weight is 195 g/mol. The summed E-state index contributed by atoms with van der Waals surface area (Å²) in [6.07, 6.45) is -0.788. The minimum atomic E-state index is -1.23. The van der Waals surface area contributed by atoms with E-state index in [0.29, 0.717) is 0 Å². The molecule has 0 saturated carbocycles. The summed E-state index contributed by atoms with van der Waals surface area (Å²) in [4.78, 5) is 10.4. The van der Waals surface area contributed by atoms with Gasteiger partial charge in [-0.25, -0.2) is 0 Å². The SMILES string of the molecule is N[C@@H](C(=O)O)[C@@H](O)Cc1ccccc1. The van der Waals surface area contributed by atoms with Gasteiger partial charge in [0, 0.05) is 6.42 Å². The topological polar surface area (TPSA) is 83.6 Å². The molecule has 0 aliphatic rings. The van der Waals surface area contributed by atoms with Gasteiger partial charge in [0.25, 0.3) is 0 Å². The third-order valence-corrected chi connectivity index (χ3v) is 1.99. The Morgan fingerprint density at radius 1 is 1.36 bits per heavy atom. The molecular weight excluding hydrogens is 182 g/mol. The Kier molecular flexibility index (Phi) is 3.62. The highest BCUT2D eigenvalue weighted by Gasteiger charge is 2.21. The molecule has 0 aliphatic carbocycles. The van der Waals surface area contributed by atoms with Gasteiger partial charge in [-0.15, -0.1) is 0 Å². The fraction of sp³-hybridized carbons (Fsp3) is 0.300. The maximum Gasteiger partial charge on any atom is 0.323 e. The van der Waals surface area contributed by atoms with Crippen LogP contribution in [0.5, 0.6) is 0 Å². The molecule has 0 heterocycles. The van der Waals surface area contributed by atoms with Crippen molar-refractivity contribution >= 4 is 5.97 Å². The fourth-order valence-electron chi connectivity index (χ4n) is 1.15. The van der Waals surface area contributed by atoms with Crippen LogP contribution in [0.15, 0.2) is 30.3 Å². The maximum absolute atomic E-state index is 10.4. The summed E-state index contributed by atoms with van der Waals surface area (Å²) in [5.74, 6) is -1.19. The molecule has 2 atom stereocenters. The van der Waals surface area contributed by atoms with Gasteiger partial charge >= 0.3 is 5.97 Å². The van der Waals surface area contributed by atoms with Gasteiger partial charge in [-0.3, -0.25) is 4.79 Å². The van der Waals surface area contributed by atoms with Crippen LogP contribution in [0.1, 0.15) is 5.56 Å². The van der Waals surface area contributed by atoms with Crippen LogP contribution in [-0.4, -0.2) is 28.3 Å². The van der Waals surface area contributed by atoms with Crippen molar-refractivity contribution in [3.63, 3.8) is 0 Å². The van der Waals surface area contributed by atoms with Crippen molar-refractivity contribution in [3.05, 3.63) is 35.9 Å². The van der Waals surface area contributed by atoms with Crippen molar-refractivity contribution in [1.29, 1.82) is 0 Å². The molecule has 1 rings (SSSR count). The summed E-state index contributed by atoms with van der Waals surface area (Å²) in [6.45, 7) is 0. The first kappa shape index (κ1) is 10.7. The van der Waals surface area contributed by atoms with E-state index in [1.54, 1.807) is 0 Å². The number of carboxylic acid groups (broad SMARTS) is 1. The zero-order valence-electron chi connectivity index (χ0n) is 7.63. The molecule has 0 amide bonds. The average Bonchev–Trinajstić information content (AvgIpc) is 2.18. The van der Waals surface area contributed by atoms with Crippen LogP contribution >= 0.6 is 0 Å². The van der Waals surface area contributed by atoms with Gasteiger partial charge in [0.05, 0.1) is 6.10 Å². The van der Waals surface area contributed by atoms with Crippen LogP contribution in [0.25, 0.3) is 0 Å². The van der Waals surface area contributed by atoms with Crippen molar-refractivity contribution in [3.8, 4) is 0 Å². The third-order valence-electron chi connectivity index (χ3n) is 1.99. The maximum atomic E-state index is 10.4. The molecule has 0 fully saturated rings. The Bertz CT molecular complexity index is 299. The molecule has 4 heteroatoms. The molecule has 76 valence electrons. The first-order valence-corrected chi connectivity index (χ1v) is 4.31. The predicted octanol–water partition coefficient (Wildman–Crippen LogP) is 0.00190. The number of rotatable bonds is 4. The van der Waals surface area contributed by atoms with E-state index < -0.39 is 18.1 Å². The lowest BCUT2D eigenvalue weighted by Crippen LogP contribution is -2.42. The number of carbonyl (C=O) groups is 1. The smallest absolute Gasteiger partial charge is 0.323 e. The van der Waals surface area contributed by atoms with Crippen molar-refractivity contribution in [2.75, 3.05) is 0 Å². The van der Waals surface area contributed by atoms with Crippen LogP contribution in [0, 0.1) is 0 Å². The molecule has 0 spiro atoms. The molecule has 4 nitrogen and oxygen atoms in total. The number of nitrogens with two attached hydrogens (primary N) is 1. The Balaban J connectivity index is 2.57.